The molecule has 0 radical (unpaired) electrons. The van der Waals surface area contributed by atoms with Gasteiger partial charge in [0.2, 0.25) is 9.84 Å². The minimum atomic E-state index is -4.06. The molecule has 0 atom stereocenters. The standard InChI is InChI=1S/C24H14Cl4O2S/c25-17-11-13-19(21(23(17)27)15-7-3-1-4-8-15)31(29,30)20-14-12-18(26)24(28)22(20)16-9-5-2-6-10-16/h1-14H. The van der Waals surface area contributed by atoms with E-state index in [2.05, 4.69) is 0 Å². The normalized spacial score (nSPS) is 11.5. The second kappa shape index (κ2) is 8.85. The number of hydrogen-bond donors (Lipinski definition) is 0. The van der Waals surface area contributed by atoms with Crippen LogP contribution in [0.15, 0.2) is 94.7 Å². The molecule has 0 saturated carbocycles. The Morgan fingerprint density at radius 3 is 1.19 bits per heavy atom. The molecule has 0 N–H and O–H groups in total. The van der Waals surface area contributed by atoms with Crippen LogP contribution in [-0.2, 0) is 9.84 Å². The summed E-state index contributed by atoms with van der Waals surface area (Å²) in [6, 6.07) is 23.9. The third-order valence-corrected chi connectivity index (χ3v) is 8.26. The summed E-state index contributed by atoms with van der Waals surface area (Å²) >= 11 is 25.5. The van der Waals surface area contributed by atoms with Crippen molar-refractivity contribution in [3.63, 3.8) is 0 Å². The quantitative estimate of drug-likeness (QED) is 0.277. The van der Waals surface area contributed by atoms with Gasteiger partial charge in [0, 0.05) is 11.1 Å². The molecule has 0 heterocycles. The predicted octanol–water partition coefficient (Wildman–Crippen LogP) is 8.47. The topological polar surface area (TPSA) is 34.1 Å². The summed E-state index contributed by atoms with van der Waals surface area (Å²) in [7, 11) is -4.06. The fourth-order valence-corrected chi connectivity index (χ4v) is 6.06. The highest BCUT2D eigenvalue weighted by Crippen LogP contribution is 2.44. The van der Waals surface area contributed by atoms with Crippen LogP contribution < -0.4 is 0 Å². The van der Waals surface area contributed by atoms with Crippen molar-refractivity contribution in [3.05, 3.63) is 105 Å². The number of benzene rings is 4. The van der Waals surface area contributed by atoms with E-state index < -0.39 is 9.84 Å². The number of hydrogen-bond acceptors (Lipinski definition) is 2. The Kier molecular flexibility index (Phi) is 6.34. The SMILES string of the molecule is O=S(=O)(c1ccc(Cl)c(Cl)c1-c1ccccc1)c1ccc(Cl)c(Cl)c1-c1ccccc1. The summed E-state index contributed by atoms with van der Waals surface area (Å²) in [5.41, 5.74) is 1.93. The molecular weight excluding hydrogens is 494 g/mol. The van der Waals surface area contributed by atoms with E-state index in [4.69, 9.17) is 46.4 Å². The third kappa shape index (κ3) is 4.09. The average Bonchev–Trinajstić information content (AvgIpc) is 2.78. The molecule has 4 aromatic carbocycles. The van der Waals surface area contributed by atoms with Crippen molar-refractivity contribution in [2.24, 2.45) is 0 Å². The molecule has 0 aromatic heterocycles. The number of halogens is 4. The molecule has 2 nitrogen and oxygen atoms in total. The lowest BCUT2D eigenvalue weighted by molar-refractivity contribution is 0.596. The molecule has 31 heavy (non-hydrogen) atoms. The van der Waals surface area contributed by atoms with Gasteiger partial charge in [0.15, 0.2) is 0 Å². The molecule has 7 heteroatoms. The molecule has 4 rings (SSSR count). The monoisotopic (exact) mass is 506 g/mol. The van der Waals surface area contributed by atoms with Gasteiger partial charge >= 0.3 is 0 Å². The van der Waals surface area contributed by atoms with Gasteiger partial charge in [-0.3, -0.25) is 0 Å². The average molecular weight is 508 g/mol. The van der Waals surface area contributed by atoms with E-state index in [0.717, 1.165) is 0 Å². The first kappa shape index (κ1) is 22.2. The minimum absolute atomic E-state index is 0.0312. The summed E-state index contributed by atoms with van der Waals surface area (Å²) in [5, 5.41) is 0.847. The van der Waals surface area contributed by atoms with E-state index in [1.54, 1.807) is 48.5 Å². The third-order valence-electron chi connectivity index (χ3n) is 4.82. The minimum Gasteiger partial charge on any atom is -0.218 e. The largest absolute Gasteiger partial charge is 0.218 e. The van der Waals surface area contributed by atoms with Crippen molar-refractivity contribution in [2.45, 2.75) is 9.79 Å². The van der Waals surface area contributed by atoms with Crippen LogP contribution in [0.5, 0.6) is 0 Å². The maximum absolute atomic E-state index is 13.9. The van der Waals surface area contributed by atoms with E-state index in [-0.39, 0.29) is 29.9 Å². The van der Waals surface area contributed by atoms with Crippen LogP contribution in [0.1, 0.15) is 0 Å². The Labute approximate surface area is 200 Å². The molecule has 0 amide bonds. The van der Waals surface area contributed by atoms with E-state index in [9.17, 15) is 8.42 Å². The van der Waals surface area contributed by atoms with Gasteiger partial charge in [-0.1, -0.05) is 107 Å². The van der Waals surface area contributed by atoms with Crippen LogP contribution in [0.3, 0.4) is 0 Å². The molecule has 0 fully saturated rings. The predicted molar refractivity (Wildman–Crippen MR) is 129 cm³/mol. The molecule has 4 aromatic rings. The van der Waals surface area contributed by atoms with Gasteiger partial charge in [-0.05, 0) is 35.4 Å². The van der Waals surface area contributed by atoms with Gasteiger partial charge in [-0.2, -0.15) is 0 Å². The van der Waals surface area contributed by atoms with Crippen molar-refractivity contribution in [2.75, 3.05) is 0 Å². The lowest BCUT2D eigenvalue weighted by Gasteiger charge is -2.17. The second-order valence-electron chi connectivity index (χ2n) is 6.70. The van der Waals surface area contributed by atoms with E-state index in [1.807, 2.05) is 12.1 Å². The zero-order valence-electron chi connectivity index (χ0n) is 15.8. The summed E-state index contributed by atoms with van der Waals surface area (Å²) in [4.78, 5) is 0.0624. The molecule has 0 spiro atoms. The lowest BCUT2D eigenvalue weighted by Crippen LogP contribution is -2.07. The first-order valence-electron chi connectivity index (χ1n) is 9.14. The molecule has 0 aliphatic rings. The van der Waals surface area contributed by atoms with E-state index in [0.29, 0.717) is 22.3 Å². The Morgan fingerprint density at radius 1 is 0.484 bits per heavy atom. The van der Waals surface area contributed by atoms with Crippen molar-refractivity contribution in [1.82, 2.24) is 0 Å². The van der Waals surface area contributed by atoms with Crippen LogP contribution in [0.25, 0.3) is 22.3 Å². The highest BCUT2D eigenvalue weighted by atomic mass is 35.5. The summed E-state index contributed by atoms with van der Waals surface area (Å²) < 4.78 is 27.9. The van der Waals surface area contributed by atoms with Crippen molar-refractivity contribution in [3.8, 4) is 22.3 Å². The molecule has 156 valence electrons. The number of rotatable bonds is 4. The molecule has 0 bridgehead atoms. The highest BCUT2D eigenvalue weighted by molar-refractivity contribution is 7.91. The molecule has 0 saturated heterocycles. The lowest BCUT2D eigenvalue weighted by atomic mass is 10.1. The maximum atomic E-state index is 13.9. The van der Waals surface area contributed by atoms with Crippen molar-refractivity contribution >= 4 is 56.2 Å². The zero-order valence-corrected chi connectivity index (χ0v) is 19.7. The Morgan fingerprint density at radius 2 is 0.839 bits per heavy atom. The van der Waals surface area contributed by atoms with Crippen molar-refractivity contribution in [1.29, 1.82) is 0 Å². The summed E-state index contributed by atoms with van der Waals surface area (Å²) in [5.74, 6) is 0. The Balaban J connectivity index is 2.05. The van der Waals surface area contributed by atoms with Crippen LogP contribution in [0.2, 0.25) is 20.1 Å². The first-order valence-corrected chi connectivity index (χ1v) is 12.1. The van der Waals surface area contributed by atoms with Crippen LogP contribution in [-0.4, -0.2) is 8.42 Å². The smallest absolute Gasteiger partial charge is 0.207 e. The summed E-state index contributed by atoms with van der Waals surface area (Å²) in [6.07, 6.45) is 0. The van der Waals surface area contributed by atoms with Gasteiger partial charge in [-0.15, -0.1) is 0 Å². The first-order chi connectivity index (χ1) is 14.8. The van der Waals surface area contributed by atoms with Gasteiger partial charge in [0.25, 0.3) is 0 Å². The van der Waals surface area contributed by atoms with Crippen LogP contribution >= 0.6 is 46.4 Å². The van der Waals surface area contributed by atoms with Crippen LogP contribution in [0, 0.1) is 0 Å². The van der Waals surface area contributed by atoms with Gasteiger partial charge < -0.3 is 0 Å². The van der Waals surface area contributed by atoms with Crippen LogP contribution in [0.4, 0.5) is 0 Å². The summed E-state index contributed by atoms with van der Waals surface area (Å²) in [6.45, 7) is 0. The van der Waals surface area contributed by atoms with Gasteiger partial charge in [0.1, 0.15) is 0 Å². The second-order valence-corrected chi connectivity index (χ2v) is 10.2. The molecule has 0 aliphatic heterocycles. The molecule has 0 unspecified atom stereocenters. The van der Waals surface area contributed by atoms with Crippen molar-refractivity contribution < 1.29 is 8.42 Å². The Hall–Kier alpha value is -2.01. The fourth-order valence-electron chi connectivity index (χ4n) is 3.38. The molecular formula is C24H14Cl4O2S. The van der Waals surface area contributed by atoms with E-state index in [1.165, 1.54) is 24.3 Å². The van der Waals surface area contributed by atoms with Gasteiger partial charge in [0.05, 0.1) is 29.9 Å². The Bertz CT molecular complexity index is 1270. The highest BCUT2D eigenvalue weighted by Gasteiger charge is 2.29. The zero-order chi connectivity index (χ0) is 22.2. The number of sulfone groups is 1. The fraction of sp³-hybridized carbons (Fsp3) is 0. The molecule has 0 aliphatic carbocycles. The van der Waals surface area contributed by atoms with E-state index >= 15 is 0 Å². The van der Waals surface area contributed by atoms with Gasteiger partial charge in [-0.25, -0.2) is 8.42 Å². The maximum Gasteiger partial charge on any atom is 0.207 e.